The van der Waals surface area contributed by atoms with Gasteiger partial charge >= 0.3 is 5.97 Å². The van der Waals surface area contributed by atoms with Crippen LogP contribution in [0.5, 0.6) is 0 Å². The molecule has 2 aromatic rings. The zero-order valence-corrected chi connectivity index (χ0v) is 13.5. The number of rotatable bonds is 5. The highest BCUT2D eigenvalue weighted by atomic mass is 16.5. The van der Waals surface area contributed by atoms with Crippen molar-refractivity contribution in [3.63, 3.8) is 0 Å². The monoisotopic (exact) mass is 312 g/mol. The summed E-state index contributed by atoms with van der Waals surface area (Å²) >= 11 is 0. The van der Waals surface area contributed by atoms with E-state index in [1.807, 2.05) is 39.0 Å². The number of carbonyl (C=O) groups excluding carboxylic acids is 2. The van der Waals surface area contributed by atoms with Crippen molar-refractivity contribution in [1.29, 1.82) is 0 Å². The molecule has 0 unspecified atom stereocenters. The molecule has 5 heteroatoms. The van der Waals surface area contributed by atoms with Gasteiger partial charge in [-0.3, -0.25) is 4.79 Å². The van der Waals surface area contributed by atoms with Crippen molar-refractivity contribution in [3.05, 3.63) is 65.0 Å². The summed E-state index contributed by atoms with van der Waals surface area (Å²) in [4.78, 5) is 27.5. The van der Waals surface area contributed by atoms with Gasteiger partial charge in [0.25, 0.3) is 5.91 Å². The first-order valence-corrected chi connectivity index (χ1v) is 7.42. The first-order chi connectivity index (χ1) is 11.0. The number of pyridine rings is 1. The van der Waals surface area contributed by atoms with Crippen molar-refractivity contribution >= 4 is 11.9 Å². The van der Waals surface area contributed by atoms with Gasteiger partial charge in [-0.15, -0.1) is 0 Å². The number of ether oxygens (including phenoxy) is 1. The number of nitrogens with zero attached hydrogens (tertiary/aromatic N) is 1. The highest BCUT2D eigenvalue weighted by Crippen LogP contribution is 2.16. The molecule has 23 heavy (non-hydrogen) atoms. The maximum atomic E-state index is 11.9. The first kappa shape index (κ1) is 16.7. The van der Waals surface area contributed by atoms with E-state index in [4.69, 9.17) is 4.74 Å². The van der Waals surface area contributed by atoms with Crippen LogP contribution in [0.3, 0.4) is 0 Å². The van der Waals surface area contributed by atoms with E-state index in [2.05, 4.69) is 10.3 Å². The number of aryl methyl sites for hydroxylation is 2. The van der Waals surface area contributed by atoms with Crippen LogP contribution in [0.25, 0.3) is 0 Å². The lowest BCUT2D eigenvalue weighted by molar-refractivity contribution is -0.124. The van der Waals surface area contributed by atoms with Gasteiger partial charge in [0.2, 0.25) is 0 Å². The summed E-state index contributed by atoms with van der Waals surface area (Å²) < 4.78 is 4.96. The second-order valence-electron chi connectivity index (χ2n) is 5.42. The van der Waals surface area contributed by atoms with Crippen LogP contribution < -0.4 is 5.32 Å². The van der Waals surface area contributed by atoms with Crippen molar-refractivity contribution < 1.29 is 14.3 Å². The second kappa shape index (κ2) is 7.54. The molecule has 120 valence electrons. The molecule has 0 fully saturated rings. The fourth-order valence-corrected chi connectivity index (χ4v) is 2.09. The Bertz CT molecular complexity index is 699. The van der Waals surface area contributed by atoms with E-state index < -0.39 is 5.97 Å². The van der Waals surface area contributed by atoms with Crippen LogP contribution in [0.2, 0.25) is 0 Å². The van der Waals surface area contributed by atoms with Crippen molar-refractivity contribution in [2.45, 2.75) is 26.8 Å². The zero-order valence-electron chi connectivity index (χ0n) is 13.5. The molecule has 0 spiro atoms. The Balaban J connectivity index is 1.87. The lowest BCUT2D eigenvalue weighted by Crippen LogP contribution is -2.31. The van der Waals surface area contributed by atoms with Crippen LogP contribution >= 0.6 is 0 Å². The Morgan fingerprint density at radius 1 is 1.17 bits per heavy atom. The van der Waals surface area contributed by atoms with Crippen LogP contribution in [0.15, 0.2) is 42.6 Å². The normalized spacial score (nSPS) is 11.6. The van der Waals surface area contributed by atoms with E-state index in [1.54, 1.807) is 12.1 Å². The molecule has 1 aromatic heterocycles. The van der Waals surface area contributed by atoms with Crippen LogP contribution in [0, 0.1) is 13.8 Å². The fourth-order valence-electron chi connectivity index (χ4n) is 2.09. The molecule has 0 saturated carbocycles. The number of aromatic nitrogens is 1. The maximum absolute atomic E-state index is 11.9. The third kappa shape index (κ3) is 4.64. The fraction of sp³-hybridized carbons (Fsp3) is 0.278. The third-order valence-corrected chi connectivity index (χ3v) is 3.62. The quantitative estimate of drug-likeness (QED) is 0.862. The van der Waals surface area contributed by atoms with Crippen molar-refractivity contribution in [2.75, 3.05) is 6.61 Å². The topological polar surface area (TPSA) is 68.3 Å². The third-order valence-electron chi connectivity index (χ3n) is 3.62. The van der Waals surface area contributed by atoms with Gasteiger partial charge in [0.15, 0.2) is 6.61 Å². The van der Waals surface area contributed by atoms with Crippen molar-refractivity contribution in [2.24, 2.45) is 0 Å². The standard InChI is InChI=1S/C18H20N2O3/c1-12-7-8-15(10-13(12)2)14(3)20-17(21)11-23-18(22)16-6-4-5-9-19-16/h4-10,14H,11H2,1-3H3,(H,20,21)/t14-/m1/s1. The summed E-state index contributed by atoms with van der Waals surface area (Å²) in [5.41, 5.74) is 3.57. The molecule has 0 saturated heterocycles. The summed E-state index contributed by atoms with van der Waals surface area (Å²) in [6.07, 6.45) is 1.50. The summed E-state index contributed by atoms with van der Waals surface area (Å²) in [6, 6.07) is 10.8. The largest absolute Gasteiger partial charge is 0.451 e. The number of nitrogens with one attached hydrogen (secondary N) is 1. The van der Waals surface area contributed by atoms with Gasteiger partial charge in [0, 0.05) is 6.20 Å². The van der Waals surface area contributed by atoms with Gasteiger partial charge in [-0.1, -0.05) is 24.3 Å². The minimum absolute atomic E-state index is 0.157. The predicted molar refractivity (Wildman–Crippen MR) is 87.0 cm³/mol. The molecular formula is C18H20N2O3. The average molecular weight is 312 g/mol. The molecule has 1 heterocycles. The van der Waals surface area contributed by atoms with E-state index >= 15 is 0 Å². The smallest absolute Gasteiger partial charge is 0.357 e. The Kier molecular flexibility index (Phi) is 5.46. The summed E-state index contributed by atoms with van der Waals surface area (Å²) in [5, 5.41) is 2.81. The van der Waals surface area contributed by atoms with Gasteiger partial charge in [-0.2, -0.15) is 0 Å². The Labute approximate surface area is 135 Å². The number of carbonyl (C=O) groups is 2. The SMILES string of the molecule is Cc1ccc([C@@H](C)NC(=O)COC(=O)c2ccccn2)cc1C. The zero-order chi connectivity index (χ0) is 16.8. The molecule has 0 aliphatic heterocycles. The van der Waals surface area contributed by atoms with Gasteiger partial charge in [-0.05, 0) is 49.6 Å². The van der Waals surface area contributed by atoms with E-state index in [9.17, 15) is 9.59 Å². The molecule has 1 aromatic carbocycles. The number of benzene rings is 1. The van der Waals surface area contributed by atoms with Crippen molar-refractivity contribution in [3.8, 4) is 0 Å². The first-order valence-electron chi connectivity index (χ1n) is 7.42. The van der Waals surface area contributed by atoms with Gasteiger partial charge < -0.3 is 10.1 Å². The van der Waals surface area contributed by atoms with Gasteiger partial charge in [0.05, 0.1) is 6.04 Å². The molecular weight excluding hydrogens is 292 g/mol. The molecule has 2 rings (SSSR count). The van der Waals surface area contributed by atoms with Crippen LogP contribution in [0.4, 0.5) is 0 Å². The maximum Gasteiger partial charge on any atom is 0.357 e. The summed E-state index contributed by atoms with van der Waals surface area (Å²) in [5.74, 6) is -0.959. The molecule has 5 nitrogen and oxygen atoms in total. The number of amides is 1. The number of esters is 1. The molecule has 1 N–H and O–H groups in total. The lowest BCUT2D eigenvalue weighted by atomic mass is 10.0. The van der Waals surface area contributed by atoms with E-state index in [-0.39, 0.29) is 24.2 Å². The Morgan fingerprint density at radius 3 is 2.61 bits per heavy atom. The van der Waals surface area contributed by atoms with E-state index in [0.29, 0.717) is 0 Å². The average Bonchev–Trinajstić information content (AvgIpc) is 2.55. The number of hydrogen-bond acceptors (Lipinski definition) is 4. The molecule has 1 atom stereocenters. The van der Waals surface area contributed by atoms with Crippen LogP contribution in [-0.4, -0.2) is 23.5 Å². The van der Waals surface area contributed by atoms with E-state index in [0.717, 1.165) is 5.56 Å². The second-order valence-corrected chi connectivity index (χ2v) is 5.42. The molecule has 1 amide bonds. The van der Waals surface area contributed by atoms with Gasteiger partial charge in [0.1, 0.15) is 5.69 Å². The van der Waals surface area contributed by atoms with Crippen LogP contribution in [0.1, 0.15) is 40.1 Å². The molecule has 0 radical (unpaired) electrons. The Hall–Kier alpha value is -2.69. The predicted octanol–water partition coefficient (Wildman–Crippen LogP) is 2.73. The van der Waals surface area contributed by atoms with Crippen LogP contribution in [-0.2, 0) is 9.53 Å². The summed E-state index contributed by atoms with van der Waals surface area (Å²) in [7, 11) is 0. The van der Waals surface area contributed by atoms with E-state index in [1.165, 1.54) is 23.4 Å². The van der Waals surface area contributed by atoms with Crippen molar-refractivity contribution in [1.82, 2.24) is 10.3 Å². The molecule has 0 bridgehead atoms. The molecule has 0 aliphatic carbocycles. The minimum atomic E-state index is -0.611. The minimum Gasteiger partial charge on any atom is -0.451 e. The number of hydrogen-bond donors (Lipinski definition) is 1. The Morgan fingerprint density at radius 2 is 1.96 bits per heavy atom. The molecule has 0 aliphatic rings. The summed E-state index contributed by atoms with van der Waals surface area (Å²) in [6.45, 7) is 5.63. The van der Waals surface area contributed by atoms with Gasteiger partial charge in [-0.25, -0.2) is 9.78 Å². The highest BCUT2D eigenvalue weighted by molar-refractivity contribution is 5.89. The highest BCUT2D eigenvalue weighted by Gasteiger charge is 2.14. The lowest BCUT2D eigenvalue weighted by Gasteiger charge is -2.15.